The van der Waals surface area contributed by atoms with E-state index in [9.17, 15) is 4.79 Å². The predicted molar refractivity (Wildman–Crippen MR) is 86.3 cm³/mol. The molecule has 1 aromatic heterocycles. The number of amides is 1. The molecule has 1 aliphatic heterocycles. The van der Waals surface area contributed by atoms with Crippen LogP contribution in [0.25, 0.3) is 0 Å². The topological polar surface area (TPSA) is 108 Å². The van der Waals surface area contributed by atoms with Crippen molar-refractivity contribution in [2.75, 3.05) is 18.4 Å². The van der Waals surface area contributed by atoms with Crippen LogP contribution in [0, 0.1) is 0 Å². The van der Waals surface area contributed by atoms with Crippen molar-refractivity contribution in [3.05, 3.63) is 12.4 Å². The van der Waals surface area contributed by atoms with Gasteiger partial charge in [0.2, 0.25) is 5.95 Å². The highest BCUT2D eigenvalue weighted by molar-refractivity contribution is 6.58. The lowest BCUT2D eigenvalue weighted by Gasteiger charge is -2.33. The molecule has 0 unspecified atom stereocenters. The zero-order valence-electron chi connectivity index (χ0n) is 13.7. The minimum Gasteiger partial charge on any atom is -0.444 e. The van der Waals surface area contributed by atoms with Gasteiger partial charge < -0.3 is 25.0 Å². The molecule has 1 fully saturated rings. The van der Waals surface area contributed by atoms with Crippen LogP contribution in [0.4, 0.5) is 10.7 Å². The maximum atomic E-state index is 12.0. The van der Waals surface area contributed by atoms with E-state index in [1.54, 1.807) is 4.90 Å². The van der Waals surface area contributed by atoms with E-state index in [-0.39, 0.29) is 17.6 Å². The predicted octanol–water partition coefficient (Wildman–Crippen LogP) is -0.0322. The number of likely N-dealkylation sites (tertiary alicyclic amines) is 1. The molecular weight excluding hydrogens is 299 g/mol. The Morgan fingerprint density at radius 2 is 1.87 bits per heavy atom. The molecule has 1 aromatic rings. The van der Waals surface area contributed by atoms with E-state index in [1.807, 2.05) is 20.8 Å². The summed E-state index contributed by atoms with van der Waals surface area (Å²) in [6.07, 6.45) is 4.00. The highest BCUT2D eigenvalue weighted by atomic mass is 16.6. The van der Waals surface area contributed by atoms with Crippen LogP contribution in [0.5, 0.6) is 0 Å². The van der Waals surface area contributed by atoms with Gasteiger partial charge in [0.25, 0.3) is 0 Å². The van der Waals surface area contributed by atoms with Gasteiger partial charge >= 0.3 is 13.2 Å². The van der Waals surface area contributed by atoms with Crippen molar-refractivity contribution >= 4 is 24.6 Å². The normalized spacial score (nSPS) is 16.1. The molecule has 2 rings (SSSR count). The molecule has 0 aromatic carbocycles. The van der Waals surface area contributed by atoms with E-state index < -0.39 is 12.7 Å². The van der Waals surface area contributed by atoms with Gasteiger partial charge in [0, 0.05) is 37.0 Å². The average Bonchev–Trinajstić information content (AvgIpc) is 2.46. The van der Waals surface area contributed by atoms with Crippen LogP contribution in [0.15, 0.2) is 12.4 Å². The molecule has 1 amide bonds. The third kappa shape index (κ3) is 5.36. The number of nitrogens with one attached hydrogen (secondary N) is 1. The van der Waals surface area contributed by atoms with Crippen molar-refractivity contribution in [3.8, 4) is 0 Å². The molecule has 8 nitrogen and oxygen atoms in total. The Labute approximate surface area is 136 Å². The molecule has 2 heterocycles. The van der Waals surface area contributed by atoms with Crippen molar-refractivity contribution in [1.82, 2.24) is 14.9 Å². The fraction of sp³-hybridized carbons (Fsp3) is 0.643. The fourth-order valence-electron chi connectivity index (χ4n) is 2.26. The van der Waals surface area contributed by atoms with Gasteiger partial charge in [0.1, 0.15) is 5.60 Å². The summed E-state index contributed by atoms with van der Waals surface area (Å²) in [6, 6.07) is 0.165. The smallest absolute Gasteiger partial charge is 0.444 e. The van der Waals surface area contributed by atoms with Gasteiger partial charge in [0.05, 0.1) is 0 Å². The van der Waals surface area contributed by atoms with Gasteiger partial charge in [-0.3, -0.25) is 0 Å². The number of hydrogen-bond donors (Lipinski definition) is 3. The Balaban J connectivity index is 1.81. The van der Waals surface area contributed by atoms with Crippen LogP contribution in [0.1, 0.15) is 33.6 Å². The third-order valence-electron chi connectivity index (χ3n) is 3.45. The number of nitrogens with zero attached hydrogens (tertiary/aromatic N) is 3. The second kappa shape index (κ2) is 7.14. The van der Waals surface area contributed by atoms with Crippen molar-refractivity contribution in [2.45, 2.75) is 45.3 Å². The molecule has 0 spiro atoms. The average molecular weight is 322 g/mol. The van der Waals surface area contributed by atoms with E-state index in [0.717, 1.165) is 12.8 Å². The third-order valence-corrected chi connectivity index (χ3v) is 3.45. The minimum absolute atomic E-state index is 0.165. The first kappa shape index (κ1) is 17.5. The first-order valence-electron chi connectivity index (χ1n) is 7.67. The summed E-state index contributed by atoms with van der Waals surface area (Å²) in [5.74, 6) is 0.435. The summed E-state index contributed by atoms with van der Waals surface area (Å²) in [4.78, 5) is 21.8. The summed E-state index contributed by atoms with van der Waals surface area (Å²) < 4.78 is 5.36. The van der Waals surface area contributed by atoms with E-state index in [4.69, 9.17) is 14.8 Å². The number of hydrogen-bond acceptors (Lipinski definition) is 7. The summed E-state index contributed by atoms with van der Waals surface area (Å²) in [6.45, 7) is 6.77. The van der Waals surface area contributed by atoms with Crippen molar-refractivity contribution in [3.63, 3.8) is 0 Å². The minimum atomic E-state index is -1.57. The Morgan fingerprint density at radius 1 is 1.30 bits per heavy atom. The zero-order valence-corrected chi connectivity index (χ0v) is 13.7. The highest BCUT2D eigenvalue weighted by Crippen LogP contribution is 2.17. The summed E-state index contributed by atoms with van der Waals surface area (Å²) in [5, 5.41) is 21.2. The van der Waals surface area contributed by atoms with Gasteiger partial charge in [-0.1, -0.05) is 0 Å². The van der Waals surface area contributed by atoms with Gasteiger partial charge in [-0.05, 0) is 33.6 Å². The Morgan fingerprint density at radius 3 is 2.35 bits per heavy atom. The summed E-state index contributed by atoms with van der Waals surface area (Å²) >= 11 is 0. The van der Waals surface area contributed by atoms with E-state index in [2.05, 4.69) is 15.3 Å². The van der Waals surface area contributed by atoms with Gasteiger partial charge in [-0.15, -0.1) is 0 Å². The largest absolute Gasteiger partial charge is 0.491 e. The summed E-state index contributed by atoms with van der Waals surface area (Å²) in [5.41, 5.74) is -0.241. The highest BCUT2D eigenvalue weighted by Gasteiger charge is 2.27. The molecule has 0 aliphatic carbocycles. The number of rotatable bonds is 3. The van der Waals surface area contributed by atoms with E-state index >= 15 is 0 Å². The van der Waals surface area contributed by atoms with Crippen molar-refractivity contribution in [1.29, 1.82) is 0 Å². The molecule has 1 saturated heterocycles. The van der Waals surface area contributed by atoms with E-state index in [1.165, 1.54) is 12.4 Å². The quantitative estimate of drug-likeness (QED) is 0.671. The molecule has 126 valence electrons. The van der Waals surface area contributed by atoms with Crippen LogP contribution >= 0.6 is 0 Å². The Bertz CT molecular complexity index is 525. The molecule has 0 radical (unpaired) electrons. The number of anilines is 1. The first-order chi connectivity index (χ1) is 10.7. The number of carbonyl (C=O) groups is 1. The fourth-order valence-corrected chi connectivity index (χ4v) is 2.26. The second-order valence-electron chi connectivity index (χ2n) is 6.60. The number of carbonyl (C=O) groups excluding carboxylic acids is 1. The monoisotopic (exact) mass is 322 g/mol. The lowest BCUT2D eigenvalue weighted by molar-refractivity contribution is 0.0210. The standard InChI is InChI=1S/C14H23BN4O4/c1-14(2,3)23-13(20)19-6-4-11(5-7-19)18-12-16-8-10(9-17-12)15(21)22/h8-9,11,21-22H,4-7H2,1-3H3,(H,16,17,18). The van der Waals surface area contributed by atoms with Crippen molar-refractivity contribution < 1.29 is 19.6 Å². The second-order valence-corrected chi connectivity index (χ2v) is 6.60. The van der Waals surface area contributed by atoms with Gasteiger partial charge in [0.15, 0.2) is 0 Å². The van der Waals surface area contributed by atoms with Crippen LogP contribution in [0.3, 0.4) is 0 Å². The first-order valence-corrected chi connectivity index (χ1v) is 7.67. The Hall–Kier alpha value is -1.87. The lowest BCUT2D eigenvalue weighted by atomic mass is 9.83. The lowest BCUT2D eigenvalue weighted by Crippen LogP contribution is -2.44. The maximum absolute atomic E-state index is 12.0. The molecule has 0 bridgehead atoms. The van der Waals surface area contributed by atoms with Crippen LogP contribution in [-0.4, -0.2) is 62.9 Å². The molecular formula is C14H23BN4O4. The molecule has 0 saturated carbocycles. The molecule has 9 heteroatoms. The van der Waals surface area contributed by atoms with Gasteiger partial charge in [-0.25, -0.2) is 14.8 Å². The zero-order chi connectivity index (χ0) is 17.0. The Kier molecular flexibility index (Phi) is 5.43. The molecule has 3 N–H and O–H groups in total. The number of aromatic nitrogens is 2. The number of piperidine rings is 1. The van der Waals surface area contributed by atoms with E-state index in [0.29, 0.717) is 19.0 Å². The molecule has 23 heavy (non-hydrogen) atoms. The SMILES string of the molecule is CC(C)(C)OC(=O)N1CCC(Nc2ncc(B(O)O)cn2)CC1. The van der Waals surface area contributed by atoms with Gasteiger partial charge in [-0.2, -0.15) is 0 Å². The molecule has 0 atom stereocenters. The maximum Gasteiger partial charge on any atom is 0.491 e. The van der Waals surface area contributed by atoms with Crippen LogP contribution in [0.2, 0.25) is 0 Å². The molecule has 1 aliphatic rings. The van der Waals surface area contributed by atoms with Crippen molar-refractivity contribution in [2.24, 2.45) is 0 Å². The van der Waals surface area contributed by atoms with Crippen LogP contribution < -0.4 is 10.8 Å². The number of ether oxygens (including phenoxy) is 1. The van der Waals surface area contributed by atoms with Crippen LogP contribution in [-0.2, 0) is 4.74 Å². The summed E-state index contributed by atoms with van der Waals surface area (Å²) in [7, 11) is -1.57.